The molecule has 2 atom stereocenters. The molecule has 1 aliphatic rings. The van der Waals surface area contributed by atoms with Crippen molar-refractivity contribution in [1.82, 2.24) is 0 Å². The van der Waals surface area contributed by atoms with Gasteiger partial charge in [-0.3, -0.25) is 9.59 Å². The second-order valence-corrected chi connectivity index (χ2v) is 11.1. The van der Waals surface area contributed by atoms with Crippen LogP contribution in [0.25, 0.3) is 0 Å². The van der Waals surface area contributed by atoms with Gasteiger partial charge >= 0.3 is 0 Å². The lowest BCUT2D eigenvalue weighted by molar-refractivity contribution is -0.117. The molecule has 10 heteroatoms. The van der Waals surface area contributed by atoms with Gasteiger partial charge in [0.15, 0.2) is 5.78 Å². The fraction of sp³-hybridized carbons (Fsp3) is 0.192. The van der Waals surface area contributed by atoms with E-state index in [1.54, 1.807) is 49.5 Å². The molecule has 0 saturated heterocycles. The lowest BCUT2D eigenvalue weighted by atomic mass is 9.98. The van der Waals surface area contributed by atoms with Crippen molar-refractivity contribution >= 4 is 81.1 Å². The van der Waals surface area contributed by atoms with Gasteiger partial charge in [-0.1, -0.05) is 40.9 Å². The summed E-state index contributed by atoms with van der Waals surface area (Å²) in [5.41, 5.74) is 2.95. The molecule has 0 radical (unpaired) electrons. The Hall–Kier alpha value is -2.46. The highest BCUT2D eigenvalue weighted by Crippen LogP contribution is 2.65. The number of hydrogen-bond donors (Lipinski definition) is 2. The zero-order chi connectivity index (χ0) is 26.2. The summed E-state index contributed by atoms with van der Waals surface area (Å²) < 4.78 is -1.34. The molecule has 184 valence electrons. The molecule has 0 heterocycles. The molecule has 3 aromatic carbocycles. The molecular formula is C26H18Cl5N3O2. The highest BCUT2D eigenvalue weighted by atomic mass is 35.5. The van der Waals surface area contributed by atoms with Crippen LogP contribution < -0.4 is 10.6 Å². The summed E-state index contributed by atoms with van der Waals surface area (Å²) in [6.07, 6.45) is -0.0310. The van der Waals surface area contributed by atoms with E-state index >= 15 is 0 Å². The van der Waals surface area contributed by atoms with Crippen molar-refractivity contribution in [2.45, 2.75) is 16.7 Å². The van der Waals surface area contributed by atoms with Gasteiger partial charge in [0.1, 0.15) is 4.33 Å². The fourth-order valence-corrected chi connectivity index (χ4v) is 5.71. The molecule has 5 nitrogen and oxygen atoms in total. The Morgan fingerprint density at radius 3 is 2.28 bits per heavy atom. The minimum Gasteiger partial charge on any atom is -0.388 e. The maximum absolute atomic E-state index is 13.1. The smallest absolute Gasteiger partial charge is 0.231 e. The van der Waals surface area contributed by atoms with Crippen LogP contribution in [0.4, 0.5) is 11.4 Å². The lowest BCUT2D eigenvalue weighted by Crippen LogP contribution is -2.17. The summed E-state index contributed by atoms with van der Waals surface area (Å²) in [6, 6.07) is 16.8. The van der Waals surface area contributed by atoms with Crippen molar-refractivity contribution < 1.29 is 9.59 Å². The van der Waals surface area contributed by atoms with Crippen molar-refractivity contribution in [3.8, 4) is 6.07 Å². The van der Waals surface area contributed by atoms with E-state index in [-0.39, 0.29) is 22.8 Å². The first-order chi connectivity index (χ1) is 17.0. The first kappa shape index (κ1) is 26.6. The number of anilines is 2. The topological polar surface area (TPSA) is 82.0 Å². The molecule has 1 amide bonds. The predicted molar refractivity (Wildman–Crippen MR) is 146 cm³/mol. The monoisotopic (exact) mass is 579 g/mol. The molecule has 1 fully saturated rings. The molecule has 1 saturated carbocycles. The van der Waals surface area contributed by atoms with Crippen molar-refractivity contribution in [2.75, 3.05) is 17.7 Å². The van der Waals surface area contributed by atoms with E-state index in [4.69, 9.17) is 58.0 Å². The molecule has 0 aliphatic heterocycles. The molecule has 1 aliphatic carbocycles. The van der Waals surface area contributed by atoms with E-state index < -0.39 is 22.1 Å². The highest BCUT2D eigenvalue weighted by molar-refractivity contribution is 6.53. The Morgan fingerprint density at radius 2 is 1.64 bits per heavy atom. The minimum atomic E-state index is -1.34. The average Bonchev–Trinajstić information content (AvgIpc) is 3.41. The Bertz CT molecular complexity index is 1400. The van der Waals surface area contributed by atoms with E-state index in [1.807, 2.05) is 0 Å². The normalized spacial score (nSPS) is 17.7. The Labute approximate surface area is 233 Å². The second kappa shape index (κ2) is 10.5. The third-order valence-electron chi connectivity index (χ3n) is 5.98. The number of carbonyl (C=O) groups excluding carboxylic acids is 2. The number of alkyl halides is 2. The molecule has 3 aromatic rings. The number of Topliss-reactive ketones (excluding diaryl/α,β-unsaturated/α-hetero) is 1. The van der Waals surface area contributed by atoms with Gasteiger partial charge < -0.3 is 10.6 Å². The Kier molecular flexibility index (Phi) is 7.75. The summed E-state index contributed by atoms with van der Waals surface area (Å²) >= 11 is 31.3. The third-order valence-corrected chi connectivity index (χ3v) is 7.69. The van der Waals surface area contributed by atoms with Crippen molar-refractivity contribution in [1.29, 1.82) is 5.26 Å². The van der Waals surface area contributed by atoms with Crippen LogP contribution in [0.3, 0.4) is 0 Å². The lowest BCUT2D eigenvalue weighted by Gasteiger charge is -2.10. The first-order valence-electron chi connectivity index (χ1n) is 10.7. The van der Waals surface area contributed by atoms with Crippen LogP contribution in [0, 0.1) is 17.2 Å². The zero-order valence-electron chi connectivity index (χ0n) is 18.7. The van der Waals surface area contributed by atoms with E-state index in [0.29, 0.717) is 32.4 Å². The highest BCUT2D eigenvalue weighted by Gasteiger charge is 2.67. The third kappa shape index (κ3) is 5.44. The number of nitriles is 1. The van der Waals surface area contributed by atoms with Crippen molar-refractivity contribution in [3.05, 3.63) is 91.9 Å². The Morgan fingerprint density at radius 1 is 0.972 bits per heavy atom. The molecule has 4 rings (SSSR count). The summed E-state index contributed by atoms with van der Waals surface area (Å²) in [6.45, 7) is 0. The van der Waals surface area contributed by atoms with Gasteiger partial charge in [-0.05, 0) is 59.7 Å². The summed E-state index contributed by atoms with van der Waals surface area (Å²) in [4.78, 5) is 26.1. The van der Waals surface area contributed by atoms with Crippen LogP contribution in [-0.2, 0) is 11.2 Å². The number of nitrogens with zero attached hydrogens (tertiary/aromatic N) is 1. The molecule has 2 unspecified atom stereocenters. The van der Waals surface area contributed by atoms with Gasteiger partial charge in [0, 0.05) is 46.4 Å². The van der Waals surface area contributed by atoms with Gasteiger partial charge in [0.2, 0.25) is 5.91 Å². The maximum Gasteiger partial charge on any atom is 0.231 e. The fourth-order valence-electron chi connectivity index (χ4n) is 4.12. The van der Waals surface area contributed by atoms with Crippen LogP contribution in [0.2, 0.25) is 15.1 Å². The van der Waals surface area contributed by atoms with Gasteiger partial charge in [0.25, 0.3) is 0 Å². The second-order valence-electron chi connectivity index (χ2n) is 8.35. The average molecular weight is 582 g/mol. The number of benzene rings is 3. The number of rotatable bonds is 7. The Balaban J connectivity index is 1.52. The van der Waals surface area contributed by atoms with Gasteiger partial charge in [0.05, 0.1) is 22.6 Å². The number of hydrogen-bond acceptors (Lipinski definition) is 4. The molecule has 2 N–H and O–H groups in total. The van der Waals surface area contributed by atoms with E-state index in [2.05, 4.69) is 16.7 Å². The van der Waals surface area contributed by atoms with Crippen LogP contribution in [0.5, 0.6) is 0 Å². The van der Waals surface area contributed by atoms with E-state index in [9.17, 15) is 14.9 Å². The van der Waals surface area contributed by atoms with Crippen LogP contribution in [0.15, 0.2) is 54.6 Å². The maximum atomic E-state index is 13.1. The van der Waals surface area contributed by atoms with Gasteiger partial charge in [-0.15, -0.1) is 23.2 Å². The molecular weight excluding hydrogens is 564 g/mol. The number of ketones is 1. The van der Waals surface area contributed by atoms with E-state index in [1.165, 1.54) is 12.1 Å². The molecule has 0 aromatic heterocycles. The standard InChI is InChI=1S/C26H18Cl5N3O2/c1-33-18-3-2-13(15(8-18)12-32)9-22(35)20-11-19(4-5-21(20)29)34-25(36)24-23(26(24,30)31)14-6-16(27)10-17(28)7-14/h2-8,10-11,23-24,33H,9H2,1H3,(H,34,36). The van der Waals surface area contributed by atoms with E-state index in [0.717, 1.165) is 5.69 Å². The number of halogens is 5. The van der Waals surface area contributed by atoms with Gasteiger partial charge in [-0.25, -0.2) is 0 Å². The molecule has 36 heavy (non-hydrogen) atoms. The molecule has 0 bridgehead atoms. The van der Waals surface area contributed by atoms with Gasteiger partial charge in [-0.2, -0.15) is 5.26 Å². The minimum absolute atomic E-state index is 0.0310. The summed E-state index contributed by atoms with van der Waals surface area (Å²) in [5, 5.41) is 16.2. The van der Waals surface area contributed by atoms with Crippen LogP contribution in [-0.4, -0.2) is 23.1 Å². The largest absolute Gasteiger partial charge is 0.388 e. The van der Waals surface area contributed by atoms with Crippen LogP contribution >= 0.6 is 58.0 Å². The van der Waals surface area contributed by atoms with Crippen LogP contribution in [0.1, 0.15) is 33.0 Å². The number of carbonyl (C=O) groups is 2. The van der Waals surface area contributed by atoms with Crippen molar-refractivity contribution in [2.24, 2.45) is 5.92 Å². The number of nitrogens with one attached hydrogen (secondary N) is 2. The SMILES string of the molecule is CNc1ccc(CC(=O)c2cc(NC(=O)C3C(c4cc(Cl)cc(Cl)c4)C3(Cl)Cl)ccc2Cl)c(C#N)c1. The van der Waals surface area contributed by atoms with Crippen molar-refractivity contribution in [3.63, 3.8) is 0 Å². The predicted octanol–water partition coefficient (Wildman–Crippen LogP) is 7.51. The number of amides is 1. The molecule has 0 spiro atoms. The zero-order valence-corrected chi connectivity index (χ0v) is 22.5. The summed E-state index contributed by atoms with van der Waals surface area (Å²) in [5.74, 6) is -1.98. The first-order valence-corrected chi connectivity index (χ1v) is 12.6. The quantitative estimate of drug-likeness (QED) is 0.223. The summed E-state index contributed by atoms with van der Waals surface area (Å²) in [7, 11) is 1.74.